The quantitative estimate of drug-likeness (QED) is 0.833. The molecule has 0 aliphatic heterocycles. The Balaban J connectivity index is 2.54. The lowest BCUT2D eigenvalue weighted by Gasteiger charge is -2.13. The molecular formula is C15H14Cl2FN. The molecule has 0 spiro atoms. The molecular weight excluding hydrogens is 284 g/mol. The number of hydrogen-bond acceptors (Lipinski definition) is 1. The Morgan fingerprint density at radius 3 is 2.42 bits per heavy atom. The lowest BCUT2D eigenvalue weighted by Crippen LogP contribution is -2.12. The minimum Gasteiger partial charge on any atom is -0.313 e. The third kappa shape index (κ3) is 3.08. The molecule has 0 fully saturated rings. The van der Waals surface area contributed by atoms with E-state index in [4.69, 9.17) is 23.2 Å². The highest BCUT2D eigenvalue weighted by atomic mass is 35.5. The van der Waals surface area contributed by atoms with Gasteiger partial charge in [-0.15, -0.1) is 0 Å². The third-order valence-corrected chi connectivity index (χ3v) is 3.69. The monoisotopic (exact) mass is 297 g/mol. The van der Waals surface area contributed by atoms with Crippen LogP contribution in [0.1, 0.15) is 18.5 Å². The number of nitrogens with one attached hydrogen (secondary N) is 1. The predicted molar refractivity (Wildman–Crippen MR) is 79.3 cm³/mol. The molecule has 1 nitrogen and oxygen atoms in total. The lowest BCUT2D eigenvalue weighted by atomic mass is 9.99. The maximum absolute atomic E-state index is 14.0. The molecule has 1 unspecified atom stereocenters. The van der Waals surface area contributed by atoms with Gasteiger partial charge in [0.05, 0.1) is 0 Å². The summed E-state index contributed by atoms with van der Waals surface area (Å²) in [6.45, 7) is 2.01. The summed E-state index contributed by atoms with van der Waals surface area (Å²) in [5.74, 6) is -0.295. The van der Waals surface area contributed by atoms with Crippen LogP contribution in [-0.2, 0) is 0 Å². The van der Waals surface area contributed by atoms with Gasteiger partial charge in [-0.25, -0.2) is 4.39 Å². The van der Waals surface area contributed by atoms with Crippen molar-refractivity contribution in [1.29, 1.82) is 0 Å². The number of halogens is 3. The van der Waals surface area contributed by atoms with Crippen LogP contribution in [0.3, 0.4) is 0 Å². The second kappa shape index (κ2) is 5.91. The summed E-state index contributed by atoms with van der Waals surface area (Å²) >= 11 is 12.0. The minimum absolute atomic E-state index is 0.144. The molecule has 0 heterocycles. The number of benzene rings is 2. The molecule has 2 rings (SSSR count). The van der Waals surface area contributed by atoms with Crippen molar-refractivity contribution in [2.75, 3.05) is 7.05 Å². The first-order valence-electron chi connectivity index (χ1n) is 5.95. The van der Waals surface area contributed by atoms with Gasteiger partial charge < -0.3 is 5.32 Å². The van der Waals surface area contributed by atoms with E-state index in [9.17, 15) is 4.39 Å². The zero-order valence-corrected chi connectivity index (χ0v) is 12.2. The first-order chi connectivity index (χ1) is 9.02. The van der Waals surface area contributed by atoms with Gasteiger partial charge in [0.25, 0.3) is 0 Å². The van der Waals surface area contributed by atoms with Crippen LogP contribution in [0.5, 0.6) is 0 Å². The Bertz CT molecular complexity index is 599. The normalized spacial score (nSPS) is 12.5. The molecule has 0 amide bonds. The van der Waals surface area contributed by atoms with E-state index in [1.165, 1.54) is 6.07 Å². The van der Waals surface area contributed by atoms with Crippen molar-refractivity contribution >= 4 is 23.2 Å². The highest BCUT2D eigenvalue weighted by Gasteiger charge is 2.12. The van der Waals surface area contributed by atoms with Crippen LogP contribution in [0.4, 0.5) is 4.39 Å². The first kappa shape index (κ1) is 14.3. The minimum atomic E-state index is -0.295. The van der Waals surface area contributed by atoms with Crippen molar-refractivity contribution in [2.24, 2.45) is 0 Å². The van der Waals surface area contributed by atoms with Crippen LogP contribution in [0, 0.1) is 5.82 Å². The molecule has 0 bridgehead atoms. The molecule has 19 heavy (non-hydrogen) atoms. The van der Waals surface area contributed by atoms with Gasteiger partial charge in [-0.05, 0) is 43.8 Å². The van der Waals surface area contributed by atoms with Crippen LogP contribution in [0.25, 0.3) is 11.1 Å². The average Bonchev–Trinajstić information content (AvgIpc) is 2.39. The summed E-state index contributed by atoms with van der Waals surface area (Å²) in [5, 5.41) is 4.11. The molecule has 0 aromatic heterocycles. The highest BCUT2D eigenvalue weighted by Crippen LogP contribution is 2.33. The molecule has 2 aromatic carbocycles. The van der Waals surface area contributed by atoms with Gasteiger partial charge in [0, 0.05) is 27.2 Å². The molecule has 0 radical (unpaired) electrons. The Kier molecular flexibility index (Phi) is 4.46. The fourth-order valence-corrected chi connectivity index (χ4v) is 2.40. The van der Waals surface area contributed by atoms with E-state index >= 15 is 0 Å². The summed E-state index contributed by atoms with van der Waals surface area (Å²) in [5.41, 5.74) is 2.14. The van der Waals surface area contributed by atoms with E-state index in [0.29, 0.717) is 21.2 Å². The van der Waals surface area contributed by atoms with Crippen LogP contribution in [0.15, 0.2) is 36.4 Å². The van der Waals surface area contributed by atoms with Crippen molar-refractivity contribution in [2.45, 2.75) is 13.0 Å². The second-order valence-corrected chi connectivity index (χ2v) is 5.22. The van der Waals surface area contributed by atoms with E-state index in [0.717, 1.165) is 5.56 Å². The van der Waals surface area contributed by atoms with E-state index in [-0.39, 0.29) is 11.9 Å². The molecule has 1 atom stereocenters. The number of hydrogen-bond donors (Lipinski definition) is 1. The SMILES string of the molecule is CNC(C)c1ccc(F)c(-c2ccc(Cl)cc2Cl)c1. The van der Waals surface area contributed by atoms with Crippen molar-refractivity contribution in [3.05, 3.63) is 57.8 Å². The Labute approximate surface area is 122 Å². The predicted octanol–water partition coefficient (Wildman–Crippen LogP) is 5.08. The fourth-order valence-electron chi connectivity index (χ4n) is 1.89. The van der Waals surface area contributed by atoms with Gasteiger partial charge in [-0.3, -0.25) is 0 Å². The molecule has 0 saturated heterocycles. The standard InChI is InChI=1S/C15H14Cl2FN/c1-9(19-2)10-3-6-15(18)13(7-10)12-5-4-11(16)8-14(12)17/h3-9,19H,1-2H3. The van der Waals surface area contributed by atoms with E-state index in [1.54, 1.807) is 24.3 Å². The summed E-state index contributed by atoms with van der Waals surface area (Å²) in [4.78, 5) is 0. The van der Waals surface area contributed by atoms with E-state index in [2.05, 4.69) is 5.32 Å². The smallest absolute Gasteiger partial charge is 0.131 e. The zero-order chi connectivity index (χ0) is 14.0. The summed E-state index contributed by atoms with van der Waals surface area (Å²) in [6, 6.07) is 10.2. The molecule has 4 heteroatoms. The maximum atomic E-state index is 14.0. The molecule has 2 aromatic rings. The van der Waals surface area contributed by atoms with E-state index < -0.39 is 0 Å². The Morgan fingerprint density at radius 2 is 1.79 bits per heavy atom. The summed E-state index contributed by atoms with van der Waals surface area (Å²) < 4.78 is 14.0. The van der Waals surface area contributed by atoms with Crippen molar-refractivity contribution in [3.8, 4) is 11.1 Å². The second-order valence-electron chi connectivity index (χ2n) is 4.37. The van der Waals surface area contributed by atoms with Crippen molar-refractivity contribution in [3.63, 3.8) is 0 Å². The lowest BCUT2D eigenvalue weighted by molar-refractivity contribution is 0.622. The molecule has 0 aliphatic carbocycles. The summed E-state index contributed by atoms with van der Waals surface area (Å²) in [7, 11) is 1.86. The van der Waals surface area contributed by atoms with Gasteiger partial charge in [0.2, 0.25) is 0 Å². The van der Waals surface area contributed by atoms with Crippen LogP contribution >= 0.6 is 23.2 Å². The topological polar surface area (TPSA) is 12.0 Å². The molecule has 0 saturated carbocycles. The Hall–Kier alpha value is -1.09. The number of rotatable bonds is 3. The average molecular weight is 298 g/mol. The third-order valence-electron chi connectivity index (χ3n) is 3.14. The zero-order valence-electron chi connectivity index (χ0n) is 10.7. The van der Waals surface area contributed by atoms with Crippen LogP contribution < -0.4 is 5.32 Å². The fraction of sp³-hybridized carbons (Fsp3) is 0.200. The highest BCUT2D eigenvalue weighted by molar-refractivity contribution is 6.36. The van der Waals surface area contributed by atoms with Gasteiger partial charge in [0.1, 0.15) is 5.82 Å². The maximum Gasteiger partial charge on any atom is 0.131 e. The van der Waals surface area contributed by atoms with Gasteiger partial charge in [0.15, 0.2) is 0 Å². The Morgan fingerprint density at radius 1 is 1.05 bits per heavy atom. The van der Waals surface area contributed by atoms with Crippen molar-refractivity contribution < 1.29 is 4.39 Å². The molecule has 0 aliphatic rings. The van der Waals surface area contributed by atoms with E-state index in [1.807, 2.05) is 20.0 Å². The van der Waals surface area contributed by atoms with Crippen LogP contribution in [-0.4, -0.2) is 7.05 Å². The van der Waals surface area contributed by atoms with Crippen LogP contribution in [0.2, 0.25) is 10.0 Å². The van der Waals surface area contributed by atoms with Crippen molar-refractivity contribution in [1.82, 2.24) is 5.32 Å². The largest absolute Gasteiger partial charge is 0.313 e. The molecule has 100 valence electrons. The molecule has 1 N–H and O–H groups in total. The van der Waals surface area contributed by atoms with Gasteiger partial charge in [-0.2, -0.15) is 0 Å². The summed E-state index contributed by atoms with van der Waals surface area (Å²) in [6.07, 6.45) is 0. The first-order valence-corrected chi connectivity index (χ1v) is 6.70. The van der Waals surface area contributed by atoms with Gasteiger partial charge in [-0.1, -0.05) is 35.3 Å². The van der Waals surface area contributed by atoms with Gasteiger partial charge >= 0.3 is 0 Å².